The van der Waals surface area contributed by atoms with Crippen LogP contribution in [0.15, 0.2) is 36.4 Å². The van der Waals surface area contributed by atoms with Crippen molar-refractivity contribution in [2.75, 3.05) is 31.3 Å². The average molecular weight is 624 g/mol. The van der Waals surface area contributed by atoms with Gasteiger partial charge in [-0.15, -0.1) is 0 Å². The Morgan fingerprint density at radius 1 is 1.02 bits per heavy atom. The Kier molecular flexibility index (Phi) is 10.1. The minimum Gasteiger partial charge on any atom is -0.481 e. The molecule has 0 radical (unpaired) electrons. The first kappa shape index (κ1) is 32.4. The lowest BCUT2D eigenvalue weighted by Crippen LogP contribution is -2.48. The van der Waals surface area contributed by atoms with Crippen LogP contribution in [0.1, 0.15) is 75.8 Å². The first-order valence-electron chi connectivity index (χ1n) is 15.9. The molecule has 0 aliphatic carbocycles. The Labute approximate surface area is 263 Å². The fraction of sp³-hybridized carbons (Fsp3) is 0.529. The van der Waals surface area contributed by atoms with Crippen LogP contribution in [0.25, 0.3) is 0 Å². The number of aliphatic carboxylic acids is 1. The highest BCUT2D eigenvalue weighted by Gasteiger charge is 2.48. The van der Waals surface area contributed by atoms with Crippen LogP contribution in [0.5, 0.6) is 11.5 Å². The third-order valence-electron chi connectivity index (χ3n) is 9.30. The van der Waals surface area contributed by atoms with E-state index in [-0.39, 0.29) is 75.3 Å². The van der Waals surface area contributed by atoms with Gasteiger partial charge in [-0.1, -0.05) is 32.8 Å². The van der Waals surface area contributed by atoms with E-state index in [9.17, 15) is 28.7 Å². The zero-order valence-corrected chi connectivity index (χ0v) is 26.2. The van der Waals surface area contributed by atoms with Crippen molar-refractivity contribution < 1.29 is 38.1 Å². The number of halogens is 1. The maximum absolute atomic E-state index is 14.4. The van der Waals surface area contributed by atoms with E-state index in [2.05, 4.69) is 13.8 Å². The molecule has 2 saturated heterocycles. The predicted molar refractivity (Wildman–Crippen MR) is 165 cm³/mol. The standard InChI is InChI=1S/C34H42FN3O7/c1-4-6-23(7-5-2)38(24-9-10-26(35)21(3)16-24)32(41)19-36-18-25(22-8-11-28-29(17-22)45-20-44-28)33(34(42)43)27(36)14-15-37-30(39)12-13-31(37)40/h8-11,16-17,23,25,27,33H,4-7,12-15,18-20H2,1-3H3,(H,42,43)/t25-,27+,33-/m1/s1. The van der Waals surface area contributed by atoms with E-state index >= 15 is 0 Å². The summed E-state index contributed by atoms with van der Waals surface area (Å²) in [4.78, 5) is 57.0. The molecule has 3 amide bonds. The van der Waals surface area contributed by atoms with Gasteiger partial charge in [-0.3, -0.25) is 29.0 Å². The van der Waals surface area contributed by atoms with Crippen LogP contribution in [-0.2, 0) is 19.2 Å². The van der Waals surface area contributed by atoms with Crippen molar-refractivity contribution in [2.45, 2.75) is 83.7 Å². The predicted octanol–water partition coefficient (Wildman–Crippen LogP) is 4.87. The molecule has 0 aromatic heterocycles. The molecule has 2 aromatic carbocycles. The maximum atomic E-state index is 14.4. The molecule has 11 heteroatoms. The van der Waals surface area contributed by atoms with Crippen molar-refractivity contribution >= 4 is 29.4 Å². The monoisotopic (exact) mass is 623 g/mol. The lowest BCUT2D eigenvalue weighted by molar-refractivity contribution is -0.143. The average Bonchev–Trinajstić information content (AvgIpc) is 3.71. The van der Waals surface area contributed by atoms with Gasteiger partial charge in [0, 0.05) is 49.6 Å². The Balaban J connectivity index is 1.49. The van der Waals surface area contributed by atoms with Gasteiger partial charge in [-0.25, -0.2) is 4.39 Å². The van der Waals surface area contributed by atoms with Gasteiger partial charge in [0.2, 0.25) is 24.5 Å². The number of benzene rings is 2. The highest BCUT2D eigenvalue weighted by molar-refractivity contribution is 6.02. The van der Waals surface area contributed by atoms with E-state index in [0.717, 1.165) is 31.2 Å². The first-order valence-corrected chi connectivity index (χ1v) is 15.9. The molecular weight excluding hydrogens is 581 g/mol. The summed E-state index contributed by atoms with van der Waals surface area (Å²) in [5.74, 6) is -2.37. The van der Waals surface area contributed by atoms with Gasteiger partial charge in [0.05, 0.1) is 12.5 Å². The number of amides is 3. The Bertz CT molecular complexity index is 1430. The zero-order valence-electron chi connectivity index (χ0n) is 26.2. The minimum absolute atomic E-state index is 0.0717. The first-order chi connectivity index (χ1) is 21.6. The second-order valence-electron chi connectivity index (χ2n) is 12.2. The quantitative estimate of drug-likeness (QED) is 0.314. The van der Waals surface area contributed by atoms with Gasteiger partial charge in [0.15, 0.2) is 11.5 Å². The molecule has 10 nitrogen and oxygen atoms in total. The molecule has 3 heterocycles. The van der Waals surface area contributed by atoms with Crippen molar-refractivity contribution in [1.82, 2.24) is 9.80 Å². The van der Waals surface area contributed by atoms with Crippen LogP contribution in [0.4, 0.5) is 10.1 Å². The molecule has 3 aliphatic rings. The Morgan fingerprint density at radius 2 is 1.71 bits per heavy atom. The minimum atomic E-state index is -1.02. The van der Waals surface area contributed by atoms with Crippen LogP contribution in [0.2, 0.25) is 0 Å². The molecule has 0 bridgehead atoms. The number of aryl methyl sites for hydroxylation is 1. The largest absolute Gasteiger partial charge is 0.481 e. The summed E-state index contributed by atoms with van der Waals surface area (Å²) >= 11 is 0. The number of carboxylic acids is 1. The summed E-state index contributed by atoms with van der Waals surface area (Å²) in [5, 5.41) is 10.6. The van der Waals surface area contributed by atoms with E-state index in [4.69, 9.17) is 9.47 Å². The van der Waals surface area contributed by atoms with Crippen molar-refractivity contribution in [3.63, 3.8) is 0 Å². The van der Waals surface area contributed by atoms with E-state index in [1.807, 2.05) is 11.0 Å². The summed E-state index contributed by atoms with van der Waals surface area (Å²) in [6, 6.07) is 9.33. The summed E-state index contributed by atoms with van der Waals surface area (Å²) in [5.41, 5.74) is 1.79. The number of imide groups is 1. The van der Waals surface area contributed by atoms with E-state index in [0.29, 0.717) is 22.7 Å². The molecule has 0 saturated carbocycles. The van der Waals surface area contributed by atoms with Gasteiger partial charge in [-0.2, -0.15) is 0 Å². The number of carbonyl (C=O) groups excluding carboxylic acids is 3. The van der Waals surface area contributed by atoms with Crippen LogP contribution in [0, 0.1) is 18.7 Å². The number of carbonyl (C=O) groups is 4. The lowest BCUT2D eigenvalue weighted by atomic mass is 9.84. The van der Waals surface area contributed by atoms with Crippen molar-refractivity contribution in [2.24, 2.45) is 5.92 Å². The van der Waals surface area contributed by atoms with E-state index in [1.165, 1.54) is 11.0 Å². The summed E-state index contributed by atoms with van der Waals surface area (Å²) in [6.45, 7) is 6.16. The number of fused-ring (bicyclic) bond motifs is 1. The lowest BCUT2D eigenvalue weighted by Gasteiger charge is -2.35. The van der Waals surface area contributed by atoms with Crippen LogP contribution >= 0.6 is 0 Å². The molecule has 0 unspecified atom stereocenters. The number of carboxylic acid groups (broad SMARTS) is 1. The van der Waals surface area contributed by atoms with E-state index in [1.54, 1.807) is 36.1 Å². The number of hydrogen-bond acceptors (Lipinski definition) is 7. The second-order valence-corrected chi connectivity index (χ2v) is 12.2. The topological polar surface area (TPSA) is 117 Å². The number of rotatable bonds is 13. The number of nitrogens with zero attached hydrogens (tertiary/aromatic N) is 3. The van der Waals surface area contributed by atoms with Gasteiger partial charge in [0.25, 0.3) is 0 Å². The molecule has 2 fully saturated rings. The van der Waals surface area contributed by atoms with Gasteiger partial charge in [0.1, 0.15) is 5.82 Å². The maximum Gasteiger partial charge on any atom is 0.308 e. The summed E-state index contributed by atoms with van der Waals surface area (Å²) < 4.78 is 25.3. The number of anilines is 1. The van der Waals surface area contributed by atoms with Crippen molar-refractivity contribution in [1.29, 1.82) is 0 Å². The molecule has 3 aliphatic heterocycles. The third kappa shape index (κ3) is 6.83. The van der Waals surface area contributed by atoms with Crippen LogP contribution in [0.3, 0.4) is 0 Å². The van der Waals surface area contributed by atoms with Gasteiger partial charge in [-0.05, 0) is 67.6 Å². The zero-order chi connectivity index (χ0) is 32.2. The molecule has 0 spiro atoms. The highest BCUT2D eigenvalue weighted by Crippen LogP contribution is 2.43. The Hall–Kier alpha value is -3.99. The Morgan fingerprint density at radius 3 is 2.36 bits per heavy atom. The van der Waals surface area contributed by atoms with Crippen LogP contribution < -0.4 is 14.4 Å². The molecule has 45 heavy (non-hydrogen) atoms. The van der Waals surface area contributed by atoms with Gasteiger partial charge < -0.3 is 19.5 Å². The molecule has 242 valence electrons. The molecular formula is C34H42FN3O7. The fourth-order valence-electron chi connectivity index (χ4n) is 7.12. The summed E-state index contributed by atoms with van der Waals surface area (Å²) in [6.07, 6.45) is 3.74. The summed E-state index contributed by atoms with van der Waals surface area (Å²) in [7, 11) is 0. The fourth-order valence-corrected chi connectivity index (χ4v) is 7.12. The van der Waals surface area contributed by atoms with E-state index < -0.39 is 23.8 Å². The normalized spacial score (nSPS) is 21.3. The molecule has 5 rings (SSSR count). The molecule has 1 N–H and O–H groups in total. The second kappa shape index (κ2) is 14.0. The van der Waals surface area contributed by atoms with Gasteiger partial charge >= 0.3 is 5.97 Å². The number of hydrogen-bond donors (Lipinski definition) is 1. The van der Waals surface area contributed by atoms with Crippen LogP contribution in [-0.4, -0.2) is 77.1 Å². The highest BCUT2D eigenvalue weighted by atomic mass is 19.1. The third-order valence-corrected chi connectivity index (χ3v) is 9.30. The van der Waals surface area contributed by atoms with Crippen molar-refractivity contribution in [3.8, 4) is 11.5 Å². The number of ether oxygens (including phenoxy) is 2. The number of likely N-dealkylation sites (tertiary alicyclic amines) is 2. The molecule has 3 atom stereocenters. The SMILES string of the molecule is CCCC(CCC)N(C(=O)CN1C[C@H](c2ccc3c(c2)OCO3)[C@@H](C(=O)O)[C@@H]1CCN1C(=O)CCC1=O)c1ccc(F)c(C)c1. The van der Waals surface area contributed by atoms with Crippen molar-refractivity contribution in [3.05, 3.63) is 53.3 Å². The smallest absolute Gasteiger partial charge is 0.308 e. The molecule has 2 aromatic rings.